The van der Waals surface area contributed by atoms with Gasteiger partial charge in [0, 0.05) is 24.4 Å². The number of amides is 1. The summed E-state index contributed by atoms with van der Waals surface area (Å²) in [4.78, 5) is 19.9. The number of rotatable bonds is 8. The Morgan fingerprint density at radius 1 is 1.17 bits per heavy atom. The third kappa shape index (κ3) is 5.53. The summed E-state index contributed by atoms with van der Waals surface area (Å²) in [5.74, 6) is 0.787. The number of hydroxylamine groups is 1. The minimum Gasteiger partial charge on any atom is -0.378 e. The minimum absolute atomic E-state index is 0.00398. The third-order valence-electron chi connectivity index (χ3n) is 6.24. The number of imidazole rings is 1. The number of ether oxygens (including phenoxy) is 1. The lowest BCUT2D eigenvalue weighted by Gasteiger charge is -2.26. The summed E-state index contributed by atoms with van der Waals surface area (Å²) in [7, 11) is 0. The molecule has 2 heterocycles. The standard InChI is InChI=1S/C28H32N4O3/c1-4-24(18-22-8-6-5-7-9-22)32-26-13-12-23(28(33)31-14-16-35-17-15-31)19-25(26)29-27(32)20(2)10-11-21(3)30-34/h4-13,19,24,30,34H,1,14-18H2,2-3H3/b20-10+,21-11+. The van der Waals surface area contributed by atoms with E-state index in [2.05, 4.69) is 28.8 Å². The van der Waals surface area contributed by atoms with Crippen molar-refractivity contribution in [1.29, 1.82) is 0 Å². The molecule has 2 N–H and O–H groups in total. The Kier molecular flexibility index (Phi) is 7.80. The first-order chi connectivity index (χ1) is 17.0. The Morgan fingerprint density at radius 3 is 2.60 bits per heavy atom. The molecule has 7 nitrogen and oxygen atoms in total. The van der Waals surface area contributed by atoms with E-state index < -0.39 is 0 Å². The maximum atomic E-state index is 13.1. The topological polar surface area (TPSA) is 79.6 Å². The predicted molar refractivity (Wildman–Crippen MR) is 138 cm³/mol. The number of morpholine rings is 1. The van der Waals surface area contributed by atoms with E-state index in [0.717, 1.165) is 28.9 Å². The fourth-order valence-corrected chi connectivity index (χ4v) is 4.29. The highest BCUT2D eigenvalue weighted by atomic mass is 16.5. The van der Waals surface area contributed by atoms with Gasteiger partial charge in [-0.15, -0.1) is 6.58 Å². The zero-order valence-electron chi connectivity index (χ0n) is 20.3. The molecule has 2 aromatic carbocycles. The molecular formula is C28H32N4O3. The van der Waals surface area contributed by atoms with Crippen molar-refractivity contribution < 1.29 is 14.7 Å². The van der Waals surface area contributed by atoms with E-state index in [-0.39, 0.29) is 11.9 Å². The Bertz CT molecular complexity index is 1250. The van der Waals surface area contributed by atoms with Gasteiger partial charge in [0.2, 0.25) is 0 Å². The fourth-order valence-electron chi connectivity index (χ4n) is 4.29. The highest BCUT2D eigenvalue weighted by molar-refractivity contribution is 5.98. The van der Waals surface area contributed by atoms with Gasteiger partial charge in [-0.25, -0.2) is 4.98 Å². The van der Waals surface area contributed by atoms with Gasteiger partial charge in [-0.3, -0.25) is 15.5 Å². The average molecular weight is 473 g/mol. The van der Waals surface area contributed by atoms with Crippen LogP contribution in [0.4, 0.5) is 0 Å². The van der Waals surface area contributed by atoms with E-state index in [1.165, 1.54) is 5.56 Å². The molecule has 0 radical (unpaired) electrons. The van der Waals surface area contributed by atoms with Crippen LogP contribution in [0.15, 0.2) is 79.0 Å². The van der Waals surface area contributed by atoms with Crippen LogP contribution in [0, 0.1) is 0 Å². The van der Waals surface area contributed by atoms with Crippen LogP contribution in [0.25, 0.3) is 16.6 Å². The van der Waals surface area contributed by atoms with Gasteiger partial charge in [0.05, 0.1) is 30.3 Å². The summed E-state index contributed by atoms with van der Waals surface area (Å²) >= 11 is 0. The molecule has 1 aromatic heterocycles. The van der Waals surface area contributed by atoms with Crippen molar-refractivity contribution in [3.05, 3.63) is 96.0 Å². The molecule has 1 unspecified atom stereocenters. The van der Waals surface area contributed by atoms with E-state index in [1.807, 2.05) is 60.4 Å². The second kappa shape index (κ2) is 11.2. The number of fused-ring (bicyclic) bond motifs is 1. The van der Waals surface area contributed by atoms with Crippen molar-refractivity contribution in [1.82, 2.24) is 19.9 Å². The number of hydrogen-bond donors (Lipinski definition) is 2. The normalized spacial score (nSPS) is 15.8. The summed E-state index contributed by atoms with van der Waals surface area (Å²) in [5.41, 5.74) is 7.22. The maximum absolute atomic E-state index is 13.1. The predicted octanol–water partition coefficient (Wildman–Crippen LogP) is 4.76. The first-order valence-corrected chi connectivity index (χ1v) is 11.8. The molecule has 7 heteroatoms. The van der Waals surface area contributed by atoms with Crippen LogP contribution < -0.4 is 5.48 Å². The molecule has 1 amide bonds. The smallest absolute Gasteiger partial charge is 0.254 e. The van der Waals surface area contributed by atoms with Crippen molar-refractivity contribution in [3.8, 4) is 0 Å². The van der Waals surface area contributed by atoms with Crippen LogP contribution in [-0.2, 0) is 11.2 Å². The molecule has 0 bridgehead atoms. The molecule has 1 saturated heterocycles. The molecular weight excluding hydrogens is 440 g/mol. The number of benzene rings is 2. The first kappa shape index (κ1) is 24.4. The minimum atomic E-state index is -0.0393. The molecule has 0 spiro atoms. The second-order valence-electron chi connectivity index (χ2n) is 8.72. The van der Waals surface area contributed by atoms with Crippen LogP contribution >= 0.6 is 0 Å². The summed E-state index contributed by atoms with van der Waals surface area (Å²) in [6.07, 6.45) is 6.41. The van der Waals surface area contributed by atoms with Crippen LogP contribution in [0.2, 0.25) is 0 Å². The number of aromatic nitrogens is 2. The zero-order chi connectivity index (χ0) is 24.8. The van der Waals surface area contributed by atoms with Crippen molar-refractivity contribution in [2.24, 2.45) is 0 Å². The highest BCUT2D eigenvalue weighted by Crippen LogP contribution is 2.29. The molecule has 3 aromatic rings. The summed E-state index contributed by atoms with van der Waals surface area (Å²) < 4.78 is 7.57. The average Bonchev–Trinajstić information content (AvgIpc) is 3.29. The molecule has 1 aliphatic rings. The Balaban J connectivity index is 1.79. The largest absolute Gasteiger partial charge is 0.378 e. The quantitative estimate of drug-likeness (QED) is 0.281. The highest BCUT2D eigenvalue weighted by Gasteiger charge is 2.22. The number of carbonyl (C=O) groups is 1. The van der Waals surface area contributed by atoms with Gasteiger partial charge in [0.1, 0.15) is 5.82 Å². The van der Waals surface area contributed by atoms with E-state index in [9.17, 15) is 4.79 Å². The molecule has 0 saturated carbocycles. The monoisotopic (exact) mass is 472 g/mol. The van der Waals surface area contributed by atoms with Gasteiger partial charge < -0.3 is 14.2 Å². The lowest BCUT2D eigenvalue weighted by atomic mass is 10.0. The van der Waals surface area contributed by atoms with Crippen LogP contribution in [0.5, 0.6) is 0 Å². The number of carbonyl (C=O) groups excluding carboxylic acids is 1. The molecule has 35 heavy (non-hydrogen) atoms. The number of nitrogens with one attached hydrogen (secondary N) is 1. The molecule has 182 valence electrons. The molecule has 4 rings (SSSR count). The van der Waals surface area contributed by atoms with E-state index in [4.69, 9.17) is 14.9 Å². The fraction of sp³-hybridized carbons (Fsp3) is 0.286. The maximum Gasteiger partial charge on any atom is 0.254 e. The Hall–Kier alpha value is -3.68. The number of hydrogen-bond acceptors (Lipinski definition) is 5. The molecule has 1 atom stereocenters. The van der Waals surface area contributed by atoms with Crippen LogP contribution in [0.1, 0.15) is 41.6 Å². The lowest BCUT2D eigenvalue weighted by molar-refractivity contribution is 0.0303. The van der Waals surface area contributed by atoms with Crippen LogP contribution in [0.3, 0.4) is 0 Å². The molecule has 1 aliphatic heterocycles. The van der Waals surface area contributed by atoms with E-state index >= 15 is 0 Å². The first-order valence-electron chi connectivity index (χ1n) is 11.8. The molecule has 1 fully saturated rings. The summed E-state index contributed by atoms with van der Waals surface area (Å²) in [6.45, 7) is 10.2. The summed E-state index contributed by atoms with van der Waals surface area (Å²) in [5, 5.41) is 9.14. The van der Waals surface area contributed by atoms with Gasteiger partial charge in [-0.05, 0) is 55.7 Å². The number of nitrogens with zero attached hydrogens (tertiary/aromatic N) is 3. The summed E-state index contributed by atoms with van der Waals surface area (Å²) in [6, 6.07) is 16.0. The third-order valence-corrected chi connectivity index (χ3v) is 6.24. The Labute approximate surface area is 206 Å². The molecule has 0 aliphatic carbocycles. The van der Waals surface area contributed by atoms with Crippen molar-refractivity contribution in [2.75, 3.05) is 26.3 Å². The SMILES string of the molecule is C=CC(Cc1ccccc1)n1c(/C(C)=C/C=C(\C)NO)nc2cc(C(=O)N3CCOCC3)ccc21. The van der Waals surface area contributed by atoms with Crippen molar-refractivity contribution in [3.63, 3.8) is 0 Å². The second-order valence-corrected chi connectivity index (χ2v) is 8.72. The van der Waals surface area contributed by atoms with Gasteiger partial charge in [0.25, 0.3) is 5.91 Å². The van der Waals surface area contributed by atoms with Gasteiger partial charge in [-0.2, -0.15) is 0 Å². The van der Waals surface area contributed by atoms with Crippen LogP contribution in [-0.4, -0.2) is 51.9 Å². The Morgan fingerprint density at radius 2 is 1.91 bits per heavy atom. The van der Waals surface area contributed by atoms with Crippen molar-refractivity contribution >= 4 is 22.5 Å². The lowest BCUT2D eigenvalue weighted by Crippen LogP contribution is -2.40. The number of allylic oxidation sites excluding steroid dienone is 5. The van der Waals surface area contributed by atoms with Crippen molar-refractivity contribution in [2.45, 2.75) is 26.3 Å². The van der Waals surface area contributed by atoms with E-state index in [1.54, 1.807) is 13.0 Å². The van der Waals surface area contributed by atoms with Gasteiger partial charge in [0.15, 0.2) is 0 Å². The van der Waals surface area contributed by atoms with E-state index in [0.29, 0.717) is 37.6 Å². The van der Waals surface area contributed by atoms with Gasteiger partial charge in [-0.1, -0.05) is 42.5 Å². The zero-order valence-corrected chi connectivity index (χ0v) is 20.3. The van der Waals surface area contributed by atoms with Gasteiger partial charge >= 0.3 is 0 Å².